The fourth-order valence-corrected chi connectivity index (χ4v) is 5.76. The molecule has 2 heterocycles. The predicted octanol–water partition coefficient (Wildman–Crippen LogP) is 0.583. The monoisotopic (exact) mass is 491 g/mol. The number of rotatable bonds is 7. The molecule has 3 fully saturated rings. The highest BCUT2D eigenvalue weighted by molar-refractivity contribution is 5.95. The van der Waals surface area contributed by atoms with Crippen LogP contribution in [0.1, 0.15) is 80.1 Å². The normalized spacial score (nSPS) is 26.5. The van der Waals surface area contributed by atoms with Crippen molar-refractivity contribution in [3.63, 3.8) is 0 Å². The van der Waals surface area contributed by atoms with Crippen molar-refractivity contribution < 1.29 is 24.0 Å². The molecule has 4 atom stereocenters. The van der Waals surface area contributed by atoms with Gasteiger partial charge in [-0.2, -0.15) is 0 Å². The van der Waals surface area contributed by atoms with Gasteiger partial charge in [-0.1, -0.05) is 27.2 Å². The van der Waals surface area contributed by atoms with Gasteiger partial charge in [0.05, 0.1) is 0 Å². The van der Waals surface area contributed by atoms with Gasteiger partial charge in [0.25, 0.3) is 0 Å². The lowest BCUT2D eigenvalue weighted by Gasteiger charge is -2.39. The minimum atomic E-state index is -1.02. The number of carbonyl (C=O) groups excluding carboxylic acids is 5. The number of nitrogens with two attached hydrogens (primary N) is 1. The van der Waals surface area contributed by atoms with Crippen LogP contribution in [0.25, 0.3) is 0 Å². The van der Waals surface area contributed by atoms with E-state index >= 15 is 0 Å². The van der Waals surface area contributed by atoms with Crippen LogP contribution < -0.4 is 21.7 Å². The van der Waals surface area contributed by atoms with E-state index in [2.05, 4.69) is 16.0 Å². The number of likely N-dealkylation sites (tertiary alicyclic amines) is 1. The lowest BCUT2D eigenvalue weighted by molar-refractivity contribution is -0.144. The van der Waals surface area contributed by atoms with Crippen molar-refractivity contribution >= 4 is 29.5 Å². The molecule has 0 aromatic heterocycles. The summed E-state index contributed by atoms with van der Waals surface area (Å²) in [4.78, 5) is 65.1. The molecule has 0 aromatic rings. The van der Waals surface area contributed by atoms with Gasteiger partial charge in [-0.05, 0) is 56.8 Å². The molecule has 2 aliphatic heterocycles. The molecular weight excluding hydrogens is 450 g/mol. The maximum Gasteiger partial charge on any atom is 0.246 e. The Morgan fingerprint density at radius 2 is 1.77 bits per heavy atom. The average molecular weight is 492 g/mol. The molecule has 1 saturated carbocycles. The maximum absolute atomic E-state index is 13.7. The Balaban J connectivity index is 1.79. The summed E-state index contributed by atoms with van der Waals surface area (Å²) >= 11 is 0. The Bertz CT molecular complexity index is 904. The fourth-order valence-electron chi connectivity index (χ4n) is 5.76. The molecule has 0 aromatic carbocycles. The number of nitrogens with zero attached hydrogens (tertiary/aromatic N) is 1. The van der Waals surface area contributed by atoms with Crippen LogP contribution in [0, 0.1) is 16.7 Å². The van der Waals surface area contributed by atoms with E-state index in [0.717, 1.165) is 19.3 Å². The molecule has 10 nitrogen and oxygen atoms in total. The summed E-state index contributed by atoms with van der Waals surface area (Å²) in [6, 6.07) is -2.57. The van der Waals surface area contributed by atoms with E-state index < -0.39 is 41.3 Å². The number of amides is 5. The average Bonchev–Trinajstić information content (AvgIpc) is 3.21. The first-order valence-electron chi connectivity index (χ1n) is 12.5. The van der Waals surface area contributed by atoms with Gasteiger partial charge in [-0.25, -0.2) is 0 Å². The number of carbonyl (C=O) groups is 5. The van der Waals surface area contributed by atoms with Gasteiger partial charge < -0.3 is 26.6 Å². The van der Waals surface area contributed by atoms with Gasteiger partial charge in [0, 0.05) is 24.9 Å². The third-order valence-corrected chi connectivity index (χ3v) is 7.74. The first-order valence-corrected chi connectivity index (χ1v) is 12.5. The van der Waals surface area contributed by atoms with Crippen LogP contribution in [0.3, 0.4) is 0 Å². The highest BCUT2D eigenvalue weighted by atomic mass is 16.2. The van der Waals surface area contributed by atoms with Gasteiger partial charge in [0.15, 0.2) is 0 Å². The van der Waals surface area contributed by atoms with Gasteiger partial charge >= 0.3 is 0 Å². The van der Waals surface area contributed by atoms with Gasteiger partial charge in [-0.15, -0.1) is 0 Å². The lowest BCUT2D eigenvalue weighted by atomic mass is 9.67. The second-order valence-corrected chi connectivity index (χ2v) is 12.5. The summed E-state index contributed by atoms with van der Waals surface area (Å²) in [6.45, 7) is 11.2. The molecule has 3 rings (SSSR count). The number of nitrogens with one attached hydrogen (secondary N) is 3. The second-order valence-electron chi connectivity index (χ2n) is 12.5. The minimum absolute atomic E-state index is 0.110. The van der Waals surface area contributed by atoms with Crippen molar-refractivity contribution in [1.29, 1.82) is 0 Å². The van der Waals surface area contributed by atoms with Crippen molar-refractivity contribution in [2.24, 2.45) is 22.5 Å². The zero-order valence-electron chi connectivity index (χ0n) is 21.8. The molecule has 1 unspecified atom stereocenters. The SMILES string of the molecule is CC(=O)N[C@H](C(=O)N1CC2(CCC2)CC1C(=O)N[C@@H](C[C@@H]1CC(C)(C)NC1=O)C(N)=O)C(C)(C)C. The van der Waals surface area contributed by atoms with Crippen molar-refractivity contribution in [2.75, 3.05) is 6.54 Å². The quantitative estimate of drug-likeness (QED) is 0.411. The predicted molar refractivity (Wildman–Crippen MR) is 130 cm³/mol. The molecule has 2 saturated heterocycles. The first kappa shape index (κ1) is 26.9. The second kappa shape index (κ2) is 9.43. The van der Waals surface area contributed by atoms with E-state index in [0.29, 0.717) is 19.4 Å². The van der Waals surface area contributed by atoms with Crippen molar-refractivity contribution in [2.45, 2.75) is 104 Å². The van der Waals surface area contributed by atoms with E-state index in [-0.39, 0.29) is 35.1 Å². The van der Waals surface area contributed by atoms with Crippen LogP contribution in [0.2, 0.25) is 0 Å². The Morgan fingerprint density at radius 1 is 1.14 bits per heavy atom. The number of hydrogen-bond acceptors (Lipinski definition) is 5. The zero-order valence-corrected chi connectivity index (χ0v) is 21.8. The Labute approximate surface area is 207 Å². The molecule has 0 radical (unpaired) electrons. The van der Waals surface area contributed by atoms with Crippen LogP contribution in [0.15, 0.2) is 0 Å². The van der Waals surface area contributed by atoms with E-state index in [1.807, 2.05) is 34.6 Å². The van der Waals surface area contributed by atoms with Gasteiger partial charge in [0.2, 0.25) is 29.5 Å². The van der Waals surface area contributed by atoms with Crippen molar-refractivity contribution in [1.82, 2.24) is 20.9 Å². The van der Waals surface area contributed by atoms with E-state index in [1.54, 1.807) is 4.90 Å². The highest BCUT2D eigenvalue weighted by Gasteiger charge is 2.53. The van der Waals surface area contributed by atoms with Crippen LogP contribution >= 0.6 is 0 Å². The number of primary amides is 1. The van der Waals surface area contributed by atoms with Crippen molar-refractivity contribution in [3.05, 3.63) is 0 Å². The number of hydrogen-bond donors (Lipinski definition) is 4. The summed E-state index contributed by atoms with van der Waals surface area (Å²) in [6.07, 6.45) is 4.05. The highest BCUT2D eigenvalue weighted by Crippen LogP contribution is 2.50. The summed E-state index contributed by atoms with van der Waals surface area (Å²) in [5.74, 6) is -2.38. The van der Waals surface area contributed by atoms with Crippen molar-refractivity contribution in [3.8, 4) is 0 Å². The minimum Gasteiger partial charge on any atom is -0.368 e. The molecule has 196 valence electrons. The lowest BCUT2D eigenvalue weighted by Crippen LogP contribution is -2.58. The van der Waals surface area contributed by atoms with E-state index in [9.17, 15) is 24.0 Å². The molecule has 0 bridgehead atoms. The summed E-state index contributed by atoms with van der Waals surface area (Å²) < 4.78 is 0. The Hall–Kier alpha value is -2.65. The Morgan fingerprint density at radius 3 is 2.20 bits per heavy atom. The zero-order chi connectivity index (χ0) is 26.3. The molecule has 5 amide bonds. The third kappa shape index (κ3) is 5.95. The summed E-state index contributed by atoms with van der Waals surface area (Å²) in [5, 5.41) is 8.40. The van der Waals surface area contributed by atoms with Crippen LogP contribution in [-0.2, 0) is 24.0 Å². The topological polar surface area (TPSA) is 151 Å². The molecule has 1 spiro atoms. The molecule has 10 heteroatoms. The van der Waals surface area contributed by atoms with Crippen LogP contribution in [-0.4, -0.2) is 64.6 Å². The van der Waals surface area contributed by atoms with Crippen LogP contribution in [0.5, 0.6) is 0 Å². The molecule has 5 N–H and O–H groups in total. The smallest absolute Gasteiger partial charge is 0.246 e. The molecule has 35 heavy (non-hydrogen) atoms. The maximum atomic E-state index is 13.7. The summed E-state index contributed by atoms with van der Waals surface area (Å²) in [7, 11) is 0. The van der Waals surface area contributed by atoms with E-state index in [1.165, 1.54) is 6.92 Å². The molecular formula is C25H41N5O5. The summed E-state index contributed by atoms with van der Waals surface area (Å²) in [5.41, 5.74) is 4.55. The first-order chi connectivity index (χ1) is 16.0. The fraction of sp³-hybridized carbons (Fsp3) is 0.800. The van der Waals surface area contributed by atoms with E-state index in [4.69, 9.17) is 5.73 Å². The Kier molecular flexibility index (Phi) is 7.26. The molecule has 3 aliphatic rings. The van der Waals surface area contributed by atoms with Crippen LogP contribution in [0.4, 0.5) is 0 Å². The van der Waals surface area contributed by atoms with Gasteiger partial charge in [0.1, 0.15) is 18.1 Å². The molecule has 1 aliphatic carbocycles. The largest absolute Gasteiger partial charge is 0.368 e. The third-order valence-electron chi connectivity index (χ3n) is 7.74. The standard InChI is InChI=1S/C25H41N5O5/c1-14(31)27-18(23(2,3)4)22(35)30-13-25(8-7-9-25)12-17(30)21(34)28-16(19(26)32)10-15-11-24(5,6)29-20(15)33/h15-18H,7-13H2,1-6H3,(H2,26,32)(H,27,31)(H,28,34)(H,29,33)/t15-,16+,17?,18-/m1/s1. The van der Waals surface area contributed by atoms with Gasteiger partial charge in [-0.3, -0.25) is 24.0 Å².